The Morgan fingerprint density at radius 1 is 1.06 bits per heavy atom. The molecule has 3 rings (SSSR count). The number of nitrogens with one attached hydrogen (secondary N) is 2. The summed E-state index contributed by atoms with van der Waals surface area (Å²) < 4.78 is 6.44. The SMILES string of the molecule is Cc1ccc(C)c(NC(=O)COc2ccc(Br)cc2/C=C(/C#N)C(=O)Nc2ccc(Cl)cc2)c1. The molecule has 0 heterocycles. The molecule has 0 saturated carbocycles. The standard InChI is InChI=1S/C26H21BrClN3O3/c1-16-3-4-17(2)23(11-16)31-25(32)15-34-24-10-5-20(27)13-18(24)12-19(14-29)26(33)30-22-8-6-21(28)7-9-22/h3-13H,15H2,1-2H3,(H,30,33)(H,31,32)/b19-12-. The molecule has 0 aliphatic heterocycles. The molecular formula is C26H21BrClN3O3. The average Bonchev–Trinajstić information content (AvgIpc) is 2.80. The molecule has 0 bridgehead atoms. The summed E-state index contributed by atoms with van der Waals surface area (Å²) in [4.78, 5) is 25.1. The number of carbonyl (C=O) groups excluding carboxylic acids is 2. The van der Waals surface area contributed by atoms with Crippen molar-refractivity contribution < 1.29 is 14.3 Å². The van der Waals surface area contributed by atoms with Gasteiger partial charge in [-0.25, -0.2) is 0 Å². The number of rotatable bonds is 7. The molecule has 0 aliphatic carbocycles. The van der Waals surface area contributed by atoms with E-state index in [-0.39, 0.29) is 18.1 Å². The third-order valence-corrected chi connectivity index (χ3v) is 5.51. The van der Waals surface area contributed by atoms with Crippen LogP contribution in [-0.2, 0) is 9.59 Å². The first-order valence-corrected chi connectivity index (χ1v) is 11.4. The number of hydrogen-bond acceptors (Lipinski definition) is 4. The van der Waals surface area contributed by atoms with Gasteiger partial charge in [0.15, 0.2) is 6.61 Å². The Morgan fingerprint density at radius 3 is 2.50 bits per heavy atom. The third kappa shape index (κ3) is 6.95. The van der Waals surface area contributed by atoms with Crippen molar-refractivity contribution >= 4 is 56.8 Å². The molecule has 172 valence electrons. The molecule has 0 unspecified atom stereocenters. The van der Waals surface area contributed by atoms with E-state index in [0.717, 1.165) is 21.3 Å². The number of halogens is 2. The van der Waals surface area contributed by atoms with Gasteiger partial charge in [0.2, 0.25) is 0 Å². The van der Waals surface area contributed by atoms with Crippen LogP contribution in [0.15, 0.2) is 70.7 Å². The van der Waals surface area contributed by atoms with Crippen molar-refractivity contribution in [1.82, 2.24) is 0 Å². The van der Waals surface area contributed by atoms with Crippen LogP contribution in [-0.4, -0.2) is 18.4 Å². The van der Waals surface area contributed by atoms with E-state index in [1.54, 1.807) is 42.5 Å². The van der Waals surface area contributed by atoms with E-state index in [1.165, 1.54) is 6.08 Å². The molecule has 0 saturated heterocycles. The summed E-state index contributed by atoms with van der Waals surface area (Å²) in [7, 11) is 0. The highest BCUT2D eigenvalue weighted by Gasteiger charge is 2.13. The maximum Gasteiger partial charge on any atom is 0.266 e. The molecule has 0 spiro atoms. The minimum absolute atomic E-state index is 0.127. The second-order valence-electron chi connectivity index (χ2n) is 7.47. The normalized spacial score (nSPS) is 10.9. The van der Waals surface area contributed by atoms with E-state index in [2.05, 4.69) is 26.6 Å². The maximum absolute atomic E-state index is 12.6. The molecule has 8 heteroatoms. The molecule has 6 nitrogen and oxygen atoms in total. The fourth-order valence-corrected chi connectivity index (χ4v) is 3.50. The average molecular weight is 539 g/mol. The van der Waals surface area contributed by atoms with Crippen LogP contribution in [0.3, 0.4) is 0 Å². The van der Waals surface area contributed by atoms with Crippen molar-refractivity contribution in [3.8, 4) is 11.8 Å². The van der Waals surface area contributed by atoms with Gasteiger partial charge in [0.1, 0.15) is 17.4 Å². The van der Waals surface area contributed by atoms with Crippen LogP contribution < -0.4 is 15.4 Å². The summed E-state index contributed by atoms with van der Waals surface area (Å²) in [5, 5.41) is 15.6. The lowest BCUT2D eigenvalue weighted by Crippen LogP contribution is -2.21. The molecule has 2 amide bonds. The zero-order valence-corrected chi connectivity index (χ0v) is 20.8. The monoisotopic (exact) mass is 537 g/mol. The van der Waals surface area contributed by atoms with Gasteiger partial charge in [0.05, 0.1) is 0 Å². The van der Waals surface area contributed by atoms with Crippen molar-refractivity contribution in [3.63, 3.8) is 0 Å². The molecule has 34 heavy (non-hydrogen) atoms. The van der Waals surface area contributed by atoms with Crippen LogP contribution in [0.1, 0.15) is 16.7 Å². The Hall–Kier alpha value is -3.60. The van der Waals surface area contributed by atoms with Gasteiger partial charge in [-0.15, -0.1) is 0 Å². The molecule has 0 radical (unpaired) electrons. The highest BCUT2D eigenvalue weighted by Crippen LogP contribution is 2.26. The third-order valence-electron chi connectivity index (χ3n) is 4.76. The van der Waals surface area contributed by atoms with Crippen molar-refractivity contribution in [2.24, 2.45) is 0 Å². The number of hydrogen-bond donors (Lipinski definition) is 2. The smallest absolute Gasteiger partial charge is 0.266 e. The van der Waals surface area contributed by atoms with Crippen LogP contribution in [0.5, 0.6) is 5.75 Å². The minimum Gasteiger partial charge on any atom is -0.483 e. The van der Waals surface area contributed by atoms with Gasteiger partial charge in [-0.05, 0) is 79.6 Å². The Balaban J connectivity index is 1.75. The summed E-state index contributed by atoms with van der Waals surface area (Å²) in [6.45, 7) is 3.61. The van der Waals surface area contributed by atoms with Gasteiger partial charge in [0.25, 0.3) is 11.8 Å². The van der Waals surface area contributed by atoms with Crippen LogP contribution in [0.2, 0.25) is 5.02 Å². The van der Waals surface area contributed by atoms with E-state index in [0.29, 0.717) is 22.0 Å². The van der Waals surface area contributed by atoms with Crippen LogP contribution in [0, 0.1) is 25.2 Å². The van der Waals surface area contributed by atoms with Gasteiger partial charge in [0, 0.05) is 26.4 Å². The molecule has 3 aromatic rings. The number of aryl methyl sites for hydroxylation is 2. The van der Waals surface area contributed by atoms with Crippen molar-refractivity contribution in [2.45, 2.75) is 13.8 Å². The van der Waals surface area contributed by atoms with Gasteiger partial charge in [-0.1, -0.05) is 39.7 Å². The molecular weight excluding hydrogens is 518 g/mol. The molecule has 2 N–H and O–H groups in total. The van der Waals surface area contributed by atoms with E-state index < -0.39 is 5.91 Å². The summed E-state index contributed by atoms with van der Waals surface area (Å²) in [6.07, 6.45) is 1.41. The maximum atomic E-state index is 12.6. The lowest BCUT2D eigenvalue weighted by molar-refractivity contribution is -0.118. The first kappa shape index (κ1) is 25.0. The Morgan fingerprint density at radius 2 is 1.79 bits per heavy atom. The topological polar surface area (TPSA) is 91.2 Å². The fourth-order valence-electron chi connectivity index (χ4n) is 3.00. The van der Waals surface area contributed by atoms with Crippen molar-refractivity contribution in [2.75, 3.05) is 17.2 Å². The van der Waals surface area contributed by atoms with Crippen LogP contribution in [0.4, 0.5) is 11.4 Å². The Labute approximate surface area is 211 Å². The van der Waals surface area contributed by atoms with E-state index in [9.17, 15) is 14.9 Å². The van der Waals surface area contributed by atoms with E-state index in [1.807, 2.05) is 38.1 Å². The largest absolute Gasteiger partial charge is 0.483 e. The fraction of sp³-hybridized carbons (Fsp3) is 0.115. The first-order chi connectivity index (χ1) is 16.2. The summed E-state index contributed by atoms with van der Waals surface area (Å²) in [5.74, 6) is -0.553. The lowest BCUT2D eigenvalue weighted by atomic mass is 10.1. The molecule has 0 fully saturated rings. The number of benzene rings is 3. The van der Waals surface area contributed by atoms with Crippen LogP contribution >= 0.6 is 27.5 Å². The summed E-state index contributed by atoms with van der Waals surface area (Å²) >= 11 is 9.25. The summed E-state index contributed by atoms with van der Waals surface area (Å²) in [6, 6.07) is 19.3. The lowest BCUT2D eigenvalue weighted by Gasteiger charge is -2.12. The van der Waals surface area contributed by atoms with E-state index >= 15 is 0 Å². The van der Waals surface area contributed by atoms with Crippen LogP contribution in [0.25, 0.3) is 6.08 Å². The molecule has 0 aliphatic rings. The zero-order chi connectivity index (χ0) is 24.7. The molecule has 0 atom stereocenters. The predicted octanol–water partition coefficient (Wildman–Crippen LogP) is 6.28. The number of nitriles is 1. The van der Waals surface area contributed by atoms with Gasteiger partial charge >= 0.3 is 0 Å². The molecule has 0 aromatic heterocycles. The second kappa shape index (κ2) is 11.5. The zero-order valence-electron chi connectivity index (χ0n) is 18.5. The summed E-state index contributed by atoms with van der Waals surface area (Å²) in [5.41, 5.74) is 3.54. The number of ether oxygens (including phenoxy) is 1. The quantitative estimate of drug-likeness (QED) is 0.273. The van der Waals surface area contributed by atoms with Crippen molar-refractivity contribution in [3.05, 3.63) is 92.4 Å². The van der Waals surface area contributed by atoms with Crippen molar-refractivity contribution in [1.29, 1.82) is 5.26 Å². The number of nitrogens with zero attached hydrogens (tertiary/aromatic N) is 1. The van der Waals surface area contributed by atoms with Gasteiger partial charge < -0.3 is 15.4 Å². The number of carbonyl (C=O) groups is 2. The predicted molar refractivity (Wildman–Crippen MR) is 138 cm³/mol. The second-order valence-corrected chi connectivity index (χ2v) is 8.82. The Kier molecular flexibility index (Phi) is 8.47. The highest BCUT2D eigenvalue weighted by molar-refractivity contribution is 9.10. The van der Waals surface area contributed by atoms with Gasteiger partial charge in [-0.2, -0.15) is 5.26 Å². The Bertz CT molecular complexity index is 1300. The van der Waals surface area contributed by atoms with Gasteiger partial charge in [-0.3, -0.25) is 9.59 Å². The minimum atomic E-state index is -0.580. The highest BCUT2D eigenvalue weighted by atomic mass is 79.9. The number of anilines is 2. The number of amides is 2. The van der Waals surface area contributed by atoms with E-state index in [4.69, 9.17) is 16.3 Å². The first-order valence-electron chi connectivity index (χ1n) is 10.2. The molecule has 3 aromatic carbocycles.